The molecule has 11 heteroatoms. The quantitative estimate of drug-likeness (QED) is 0.225. The predicted octanol–water partition coefficient (Wildman–Crippen LogP) is 5.80. The maximum atomic E-state index is 12.3. The Labute approximate surface area is 254 Å². The summed E-state index contributed by atoms with van der Waals surface area (Å²) in [5.74, 6) is 2.63. The van der Waals surface area contributed by atoms with E-state index in [0.29, 0.717) is 36.4 Å². The van der Waals surface area contributed by atoms with Gasteiger partial charge in [0.2, 0.25) is 5.75 Å². The van der Waals surface area contributed by atoms with Crippen LogP contribution in [-0.2, 0) is 23.3 Å². The minimum atomic E-state index is -3.88. The Morgan fingerprint density at radius 1 is 0.977 bits per heavy atom. The third-order valence-corrected chi connectivity index (χ3v) is 7.92. The number of fused-ring (bicyclic) bond motifs is 3. The highest BCUT2D eigenvalue weighted by Gasteiger charge is 2.23. The van der Waals surface area contributed by atoms with Crippen LogP contribution in [0, 0.1) is 6.92 Å². The number of nitrogens with one attached hydrogen (secondary N) is 1. The van der Waals surface area contributed by atoms with Gasteiger partial charge in [-0.25, -0.2) is 15.0 Å². The van der Waals surface area contributed by atoms with E-state index < -0.39 is 10.1 Å². The molecule has 6 aromatic rings. The summed E-state index contributed by atoms with van der Waals surface area (Å²) in [6, 6.07) is 25.5. The zero-order valence-electron chi connectivity index (χ0n) is 24.1. The number of hydrogen-bond acceptors (Lipinski definition) is 9. The predicted molar refractivity (Wildman–Crippen MR) is 169 cm³/mol. The third-order valence-electron chi connectivity index (χ3n) is 7.45. The second-order valence-corrected chi connectivity index (χ2v) is 12.3. The number of benzene rings is 4. The zero-order valence-corrected chi connectivity index (χ0v) is 25.0. The lowest BCUT2D eigenvalue weighted by Crippen LogP contribution is -2.26. The van der Waals surface area contributed by atoms with Crippen molar-refractivity contribution in [1.29, 1.82) is 0 Å². The first-order valence-electron chi connectivity index (χ1n) is 14.1. The average Bonchev–Trinajstić information content (AvgIpc) is 3.26. The van der Waals surface area contributed by atoms with Gasteiger partial charge in [-0.1, -0.05) is 42.5 Å². The van der Waals surface area contributed by atoms with Gasteiger partial charge >= 0.3 is 10.1 Å². The van der Waals surface area contributed by atoms with Crippen molar-refractivity contribution in [2.24, 2.45) is 0 Å². The van der Waals surface area contributed by atoms with Crippen molar-refractivity contribution in [3.63, 3.8) is 0 Å². The number of nitrogens with zero attached hydrogens (tertiary/aromatic N) is 4. The summed E-state index contributed by atoms with van der Waals surface area (Å²) in [7, 11) is -3.88. The molecule has 0 aliphatic carbocycles. The van der Waals surface area contributed by atoms with Crippen LogP contribution in [0.1, 0.15) is 17.0 Å². The van der Waals surface area contributed by atoms with Gasteiger partial charge in [-0.2, -0.15) is 8.42 Å². The van der Waals surface area contributed by atoms with Gasteiger partial charge in [-0.15, -0.1) is 0 Å². The molecule has 4 aromatic carbocycles. The minimum absolute atomic E-state index is 0.0303. The van der Waals surface area contributed by atoms with E-state index in [0.717, 1.165) is 51.1 Å². The van der Waals surface area contributed by atoms with Crippen LogP contribution in [0.5, 0.6) is 17.2 Å². The van der Waals surface area contributed by atoms with E-state index in [4.69, 9.17) is 13.7 Å². The number of aromatic amines is 1. The molecular weight excluding hydrogens is 578 g/mol. The Bertz CT molecular complexity index is 2110. The molecule has 10 nitrogen and oxygen atoms in total. The fourth-order valence-electron chi connectivity index (χ4n) is 5.48. The van der Waals surface area contributed by atoms with Gasteiger partial charge in [0.05, 0.1) is 23.8 Å². The first-order chi connectivity index (χ1) is 21.3. The van der Waals surface area contributed by atoms with Crippen molar-refractivity contribution in [1.82, 2.24) is 19.9 Å². The summed E-state index contributed by atoms with van der Waals surface area (Å²) in [6.45, 7) is 3.71. The molecule has 0 radical (unpaired) electrons. The summed E-state index contributed by atoms with van der Waals surface area (Å²) in [5.41, 5.74) is 6.32. The largest absolute Gasteiger partial charge is 0.491 e. The fraction of sp³-hybridized carbons (Fsp3) is 0.182. The molecule has 1 aliphatic heterocycles. The van der Waals surface area contributed by atoms with Gasteiger partial charge in [-0.05, 0) is 60.0 Å². The lowest BCUT2D eigenvalue weighted by atomic mass is 10.0. The Balaban J connectivity index is 1.24. The first-order valence-corrected chi connectivity index (χ1v) is 15.9. The van der Waals surface area contributed by atoms with E-state index in [1.54, 1.807) is 6.07 Å². The molecule has 222 valence electrons. The highest BCUT2D eigenvalue weighted by atomic mass is 32.2. The molecule has 1 N–H and O–H groups in total. The van der Waals surface area contributed by atoms with E-state index in [2.05, 4.69) is 49.1 Å². The summed E-state index contributed by atoms with van der Waals surface area (Å²) in [4.78, 5) is 19.0. The van der Waals surface area contributed by atoms with E-state index >= 15 is 0 Å². The molecule has 0 saturated carbocycles. The van der Waals surface area contributed by atoms with E-state index in [1.807, 2.05) is 55.5 Å². The fourth-order valence-corrected chi connectivity index (χ4v) is 5.94. The van der Waals surface area contributed by atoms with Crippen LogP contribution in [-0.4, -0.2) is 47.8 Å². The van der Waals surface area contributed by atoms with Crippen LogP contribution in [0.4, 0.5) is 5.82 Å². The Morgan fingerprint density at radius 3 is 2.64 bits per heavy atom. The Kier molecular flexibility index (Phi) is 7.01. The van der Waals surface area contributed by atoms with E-state index in [-0.39, 0.29) is 18.1 Å². The zero-order chi connectivity index (χ0) is 30.3. The van der Waals surface area contributed by atoms with Gasteiger partial charge < -0.3 is 23.5 Å². The molecule has 0 atom stereocenters. The van der Waals surface area contributed by atoms with E-state index in [9.17, 15) is 8.42 Å². The standard InChI is InChI=1S/C33H29N5O5S/c1-21-36-27-11-8-24(17-28(27)37-21)23-9-12-29-25(16-23)18-38(14-15-41-29)33-26-10-13-30(42-19-22-6-4-3-5-7-22)32(43-44(2,39)40)31(26)34-20-35-33/h3-13,16-17,20H,14-15,18-19H2,1-2H3,(H,36,37). The summed E-state index contributed by atoms with van der Waals surface area (Å²) in [6.07, 6.45) is 2.42. The van der Waals surface area contributed by atoms with Crippen LogP contribution in [0.15, 0.2) is 85.2 Å². The second-order valence-electron chi connectivity index (χ2n) is 10.7. The molecule has 0 saturated heterocycles. The lowest BCUT2D eigenvalue weighted by molar-refractivity contribution is 0.297. The van der Waals surface area contributed by atoms with Crippen LogP contribution in [0.2, 0.25) is 0 Å². The molecule has 3 heterocycles. The SMILES string of the molecule is Cc1nc2ccc(-c3ccc4c(c3)CN(c3ncnc5c(OS(C)(=O)=O)c(OCc6ccccc6)ccc35)CCO4)cc2[nH]1. The normalized spacial score (nSPS) is 13.4. The van der Waals surface area contributed by atoms with Crippen LogP contribution in [0.3, 0.4) is 0 Å². The number of imidazole rings is 1. The van der Waals surface area contributed by atoms with Gasteiger partial charge in [0.1, 0.15) is 42.4 Å². The molecule has 0 amide bonds. The Hall–Kier alpha value is -5.16. The number of hydrogen-bond donors (Lipinski definition) is 1. The lowest BCUT2D eigenvalue weighted by Gasteiger charge is -2.23. The number of anilines is 1. The smallest absolute Gasteiger partial charge is 0.306 e. The van der Waals surface area contributed by atoms with Crippen molar-refractivity contribution in [2.75, 3.05) is 24.3 Å². The van der Waals surface area contributed by atoms with Crippen molar-refractivity contribution >= 4 is 37.9 Å². The summed E-state index contributed by atoms with van der Waals surface area (Å²) < 4.78 is 42.2. The van der Waals surface area contributed by atoms with Crippen LogP contribution >= 0.6 is 0 Å². The number of H-pyrrole nitrogens is 1. The number of aryl methyl sites for hydroxylation is 1. The highest BCUT2D eigenvalue weighted by molar-refractivity contribution is 7.86. The van der Waals surface area contributed by atoms with Crippen LogP contribution in [0.25, 0.3) is 33.1 Å². The summed E-state index contributed by atoms with van der Waals surface area (Å²) in [5, 5.41) is 0.637. The number of rotatable bonds is 7. The van der Waals surface area contributed by atoms with Crippen LogP contribution < -0.4 is 18.6 Å². The van der Waals surface area contributed by atoms with Crippen molar-refractivity contribution in [3.05, 3.63) is 102 Å². The van der Waals surface area contributed by atoms with Gasteiger partial charge in [-0.3, -0.25) is 0 Å². The Morgan fingerprint density at radius 2 is 1.80 bits per heavy atom. The molecule has 0 spiro atoms. The maximum Gasteiger partial charge on any atom is 0.306 e. The van der Waals surface area contributed by atoms with Gasteiger partial charge in [0.15, 0.2) is 5.75 Å². The second kappa shape index (κ2) is 11.2. The summed E-state index contributed by atoms with van der Waals surface area (Å²) >= 11 is 0. The number of ether oxygens (including phenoxy) is 2. The molecular formula is C33H29N5O5S. The van der Waals surface area contributed by atoms with E-state index in [1.165, 1.54) is 6.33 Å². The molecule has 2 aromatic heterocycles. The molecule has 44 heavy (non-hydrogen) atoms. The maximum absolute atomic E-state index is 12.3. The van der Waals surface area contributed by atoms with Crippen molar-refractivity contribution in [2.45, 2.75) is 20.1 Å². The van der Waals surface area contributed by atoms with Crippen molar-refractivity contribution in [3.8, 4) is 28.4 Å². The first kappa shape index (κ1) is 27.7. The molecule has 0 fully saturated rings. The monoisotopic (exact) mass is 607 g/mol. The molecule has 1 aliphatic rings. The average molecular weight is 608 g/mol. The van der Waals surface area contributed by atoms with Gasteiger partial charge in [0.25, 0.3) is 0 Å². The molecule has 0 unspecified atom stereocenters. The highest BCUT2D eigenvalue weighted by Crippen LogP contribution is 2.40. The third kappa shape index (κ3) is 5.61. The van der Waals surface area contributed by atoms with Gasteiger partial charge in [0, 0.05) is 17.5 Å². The minimum Gasteiger partial charge on any atom is -0.491 e. The molecule has 7 rings (SSSR count). The van der Waals surface area contributed by atoms with Crippen molar-refractivity contribution < 1.29 is 22.1 Å². The molecule has 0 bridgehead atoms. The number of aromatic nitrogens is 4. The topological polar surface area (TPSA) is 120 Å².